The lowest BCUT2D eigenvalue weighted by Gasteiger charge is -2.15. The third-order valence-corrected chi connectivity index (χ3v) is 3.86. The van der Waals surface area contributed by atoms with Gasteiger partial charge in [-0.15, -0.1) is 0 Å². The molecule has 1 aromatic rings. The van der Waals surface area contributed by atoms with Gasteiger partial charge in [-0.25, -0.2) is 4.39 Å². The van der Waals surface area contributed by atoms with Crippen molar-refractivity contribution in [3.8, 4) is 0 Å². The third kappa shape index (κ3) is 5.12. The first-order valence-corrected chi connectivity index (χ1v) is 7.80. The van der Waals surface area contributed by atoms with Crippen molar-refractivity contribution < 1.29 is 9.18 Å². The second-order valence-corrected chi connectivity index (χ2v) is 5.93. The summed E-state index contributed by atoms with van der Waals surface area (Å²) < 4.78 is 13.7. The molecule has 1 aromatic carbocycles. The molecule has 20 heavy (non-hydrogen) atoms. The summed E-state index contributed by atoms with van der Waals surface area (Å²) in [5.74, 6) is -0.757. The van der Waals surface area contributed by atoms with E-state index in [1.807, 2.05) is 6.92 Å². The van der Waals surface area contributed by atoms with Crippen molar-refractivity contribution in [2.75, 3.05) is 5.73 Å². The van der Waals surface area contributed by atoms with E-state index in [0.29, 0.717) is 10.0 Å². The maximum absolute atomic E-state index is 13.2. The monoisotopic (exact) mass is 344 g/mol. The first kappa shape index (κ1) is 17.0. The summed E-state index contributed by atoms with van der Waals surface area (Å²) in [6, 6.07) is 2.67. The Morgan fingerprint density at radius 3 is 2.75 bits per heavy atom. The van der Waals surface area contributed by atoms with E-state index in [1.54, 1.807) is 0 Å². The van der Waals surface area contributed by atoms with E-state index in [-0.39, 0.29) is 17.6 Å². The molecule has 0 heterocycles. The molecule has 0 aliphatic carbocycles. The highest BCUT2D eigenvalue weighted by atomic mass is 79.9. The molecule has 0 bridgehead atoms. The first-order valence-electron chi connectivity index (χ1n) is 7.01. The summed E-state index contributed by atoms with van der Waals surface area (Å²) >= 11 is 3.19. The van der Waals surface area contributed by atoms with Crippen LogP contribution in [0.25, 0.3) is 0 Å². The second-order valence-electron chi connectivity index (χ2n) is 5.08. The molecule has 0 spiro atoms. The molecular weight excluding hydrogens is 323 g/mol. The average molecular weight is 345 g/mol. The van der Waals surface area contributed by atoms with Gasteiger partial charge in [-0.1, -0.05) is 32.6 Å². The Bertz CT molecular complexity index is 465. The number of hydrogen-bond donors (Lipinski definition) is 2. The van der Waals surface area contributed by atoms with Gasteiger partial charge in [-0.05, 0) is 41.4 Å². The van der Waals surface area contributed by atoms with Crippen molar-refractivity contribution >= 4 is 27.5 Å². The summed E-state index contributed by atoms with van der Waals surface area (Å²) in [6.07, 6.45) is 5.65. The van der Waals surface area contributed by atoms with Crippen LogP contribution in [0.5, 0.6) is 0 Å². The lowest BCUT2D eigenvalue weighted by Crippen LogP contribution is -2.32. The number of carbonyl (C=O) groups is 1. The van der Waals surface area contributed by atoms with Crippen LogP contribution in [0.2, 0.25) is 0 Å². The molecule has 5 heteroatoms. The summed E-state index contributed by atoms with van der Waals surface area (Å²) in [5, 5.41) is 2.91. The molecule has 1 unspecified atom stereocenters. The van der Waals surface area contributed by atoms with Crippen molar-refractivity contribution in [1.82, 2.24) is 5.32 Å². The van der Waals surface area contributed by atoms with Crippen LogP contribution in [-0.2, 0) is 0 Å². The smallest absolute Gasteiger partial charge is 0.252 e. The Kier molecular flexibility index (Phi) is 6.99. The molecule has 0 fully saturated rings. The van der Waals surface area contributed by atoms with E-state index in [0.717, 1.165) is 12.8 Å². The quantitative estimate of drug-likeness (QED) is 0.573. The molecular formula is C15H22BrFN2O. The zero-order chi connectivity index (χ0) is 15.1. The fraction of sp³-hybridized carbons (Fsp3) is 0.533. The van der Waals surface area contributed by atoms with Gasteiger partial charge in [-0.2, -0.15) is 0 Å². The normalized spacial score (nSPS) is 12.2. The molecule has 0 aliphatic heterocycles. The highest BCUT2D eigenvalue weighted by Crippen LogP contribution is 2.23. The number of benzene rings is 1. The number of nitrogens with one attached hydrogen (secondary N) is 1. The molecule has 1 amide bonds. The Hall–Kier alpha value is -1.10. The van der Waals surface area contributed by atoms with E-state index >= 15 is 0 Å². The van der Waals surface area contributed by atoms with Gasteiger partial charge in [0.05, 0.1) is 11.3 Å². The van der Waals surface area contributed by atoms with Crippen LogP contribution in [-0.4, -0.2) is 11.9 Å². The average Bonchev–Trinajstić information content (AvgIpc) is 2.38. The largest absolute Gasteiger partial charge is 0.396 e. The van der Waals surface area contributed by atoms with Gasteiger partial charge in [-0.3, -0.25) is 4.79 Å². The van der Waals surface area contributed by atoms with Crippen LogP contribution >= 0.6 is 15.9 Å². The highest BCUT2D eigenvalue weighted by molar-refractivity contribution is 9.10. The second kappa shape index (κ2) is 8.25. The SMILES string of the molecule is CCCCCCC(C)NC(=O)c1cc(N)c(F)cc1Br. The van der Waals surface area contributed by atoms with Crippen LogP contribution in [0.3, 0.4) is 0 Å². The van der Waals surface area contributed by atoms with Crippen molar-refractivity contribution in [3.05, 3.63) is 28.0 Å². The van der Waals surface area contributed by atoms with Crippen molar-refractivity contribution in [2.24, 2.45) is 0 Å². The molecule has 3 nitrogen and oxygen atoms in total. The summed E-state index contributed by atoms with van der Waals surface area (Å²) in [4.78, 5) is 12.1. The molecule has 0 radical (unpaired) electrons. The number of anilines is 1. The topological polar surface area (TPSA) is 55.1 Å². The molecule has 0 saturated heterocycles. The van der Waals surface area contributed by atoms with Gasteiger partial charge in [0.1, 0.15) is 5.82 Å². The third-order valence-electron chi connectivity index (χ3n) is 3.20. The zero-order valence-electron chi connectivity index (χ0n) is 12.0. The van der Waals surface area contributed by atoms with Crippen LogP contribution in [0, 0.1) is 5.82 Å². The van der Waals surface area contributed by atoms with Crippen molar-refractivity contribution in [2.45, 2.75) is 52.0 Å². The molecule has 3 N–H and O–H groups in total. The fourth-order valence-electron chi connectivity index (χ4n) is 1.99. The molecule has 0 aliphatic rings. The predicted octanol–water partition coefficient (Wildman–Crippen LogP) is 4.26. The van der Waals surface area contributed by atoms with Gasteiger partial charge in [0.15, 0.2) is 0 Å². The number of nitrogens with two attached hydrogens (primary N) is 1. The standard InChI is InChI=1S/C15H22BrFN2O/c1-3-4-5-6-7-10(2)19-15(20)11-8-14(18)13(17)9-12(11)16/h8-10H,3-7,18H2,1-2H3,(H,19,20). The van der Waals surface area contributed by atoms with Gasteiger partial charge in [0.25, 0.3) is 5.91 Å². The number of rotatable bonds is 7. The number of carbonyl (C=O) groups excluding carboxylic acids is 1. The van der Waals surface area contributed by atoms with E-state index in [1.165, 1.54) is 31.4 Å². The van der Waals surface area contributed by atoms with Crippen LogP contribution < -0.4 is 11.1 Å². The minimum Gasteiger partial charge on any atom is -0.396 e. The highest BCUT2D eigenvalue weighted by Gasteiger charge is 2.15. The Labute approximate surface area is 128 Å². The van der Waals surface area contributed by atoms with Crippen LogP contribution in [0.15, 0.2) is 16.6 Å². The molecule has 0 aromatic heterocycles. The zero-order valence-corrected chi connectivity index (χ0v) is 13.6. The summed E-state index contributed by atoms with van der Waals surface area (Å²) in [7, 11) is 0. The fourth-order valence-corrected chi connectivity index (χ4v) is 2.49. The summed E-state index contributed by atoms with van der Waals surface area (Å²) in [5.41, 5.74) is 5.84. The van der Waals surface area contributed by atoms with E-state index in [9.17, 15) is 9.18 Å². The minimum absolute atomic E-state index is 0.0195. The van der Waals surface area contributed by atoms with Gasteiger partial charge in [0.2, 0.25) is 0 Å². The lowest BCUT2D eigenvalue weighted by atomic mass is 10.1. The van der Waals surface area contributed by atoms with E-state index < -0.39 is 5.82 Å². The van der Waals surface area contributed by atoms with E-state index in [4.69, 9.17) is 5.73 Å². The number of hydrogen-bond acceptors (Lipinski definition) is 2. The van der Waals surface area contributed by atoms with Gasteiger partial charge < -0.3 is 11.1 Å². The van der Waals surface area contributed by atoms with Gasteiger partial charge in [0, 0.05) is 10.5 Å². The Balaban J connectivity index is 2.56. The molecule has 112 valence electrons. The van der Waals surface area contributed by atoms with Crippen LogP contribution in [0.1, 0.15) is 56.3 Å². The van der Waals surface area contributed by atoms with Crippen LogP contribution in [0.4, 0.5) is 10.1 Å². The number of nitrogen functional groups attached to an aromatic ring is 1. The number of unbranched alkanes of at least 4 members (excludes halogenated alkanes) is 3. The van der Waals surface area contributed by atoms with E-state index in [2.05, 4.69) is 28.2 Å². The summed E-state index contributed by atoms with van der Waals surface area (Å²) in [6.45, 7) is 4.15. The lowest BCUT2D eigenvalue weighted by molar-refractivity contribution is 0.0937. The predicted molar refractivity (Wildman–Crippen MR) is 84.2 cm³/mol. The molecule has 0 saturated carbocycles. The van der Waals surface area contributed by atoms with Crippen molar-refractivity contribution in [1.29, 1.82) is 0 Å². The van der Waals surface area contributed by atoms with Crippen molar-refractivity contribution in [3.63, 3.8) is 0 Å². The maximum Gasteiger partial charge on any atom is 0.252 e. The first-order chi connectivity index (χ1) is 9.45. The minimum atomic E-state index is -0.527. The molecule has 1 atom stereocenters. The van der Waals surface area contributed by atoms with Gasteiger partial charge >= 0.3 is 0 Å². The Morgan fingerprint density at radius 1 is 1.40 bits per heavy atom. The number of halogens is 2. The molecule has 1 rings (SSSR count). The maximum atomic E-state index is 13.2. The Morgan fingerprint density at radius 2 is 2.10 bits per heavy atom. The number of amides is 1.